The molecule has 0 aromatic heterocycles. The Labute approximate surface area is 197 Å². The van der Waals surface area contributed by atoms with Crippen LogP contribution in [0.25, 0.3) is 0 Å². The lowest BCUT2D eigenvalue weighted by molar-refractivity contribution is -0.274. The van der Waals surface area contributed by atoms with Crippen LogP contribution in [0.1, 0.15) is 36.6 Å². The highest BCUT2D eigenvalue weighted by molar-refractivity contribution is 6.12. The fourth-order valence-corrected chi connectivity index (χ4v) is 2.61. The monoisotopic (exact) mass is 498 g/mol. The van der Waals surface area contributed by atoms with Gasteiger partial charge >= 0.3 is 12.3 Å². The van der Waals surface area contributed by atoms with Gasteiger partial charge in [-0.3, -0.25) is 9.59 Å². The molecule has 3 aromatic rings. The number of alkyl halides is 3. The molecule has 0 aliphatic carbocycles. The third kappa shape index (κ3) is 7.89. The van der Waals surface area contributed by atoms with Gasteiger partial charge in [0.25, 0.3) is 0 Å². The van der Waals surface area contributed by atoms with E-state index in [1.165, 1.54) is 19.2 Å². The molecule has 11 heteroatoms. The lowest BCUT2D eigenvalue weighted by Crippen LogP contribution is -3.00. The Hall–Kier alpha value is -3.92. The first-order valence-electron chi connectivity index (χ1n) is 9.13. The Bertz CT molecular complexity index is 1170. The summed E-state index contributed by atoms with van der Waals surface area (Å²) in [6.45, 7) is 0. The van der Waals surface area contributed by atoms with Gasteiger partial charge in [0.05, 0.1) is 12.7 Å². The van der Waals surface area contributed by atoms with Crippen molar-refractivity contribution in [2.24, 2.45) is 0 Å². The second-order valence-electron chi connectivity index (χ2n) is 6.33. The second kappa shape index (κ2) is 12.4. The molecule has 0 fully saturated rings. The number of nitrogen functional groups attached to an aromatic ring is 1. The SMILES string of the molecule is COC(=O)c1ccccc1N.O=Cc1ccc(F)cc1C(=O)c1cccc(OC(F)(F)F)c1.[Cl-]. The second-order valence-corrected chi connectivity index (χ2v) is 6.33. The van der Waals surface area contributed by atoms with Crippen LogP contribution < -0.4 is 22.9 Å². The number of carbonyl (C=O) groups excluding carboxylic acids is 3. The number of anilines is 1. The maximum Gasteiger partial charge on any atom is 0.573 e. The van der Waals surface area contributed by atoms with Crippen molar-refractivity contribution in [3.63, 3.8) is 0 Å². The molecule has 3 rings (SSSR count). The standard InChI is InChI=1S/C15H8F4O3.C8H9NO2.ClH/c16-11-5-4-10(8-20)13(7-11)14(21)9-2-1-3-12(6-9)22-15(17,18)19;1-11-8(10)6-4-2-3-5-7(6)9;/h1-8H;2-5H,9H2,1H3;1H/p-1. The molecule has 2 N–H and O–H groups in total. The molecule has 34 heavy (non-hydrogen) atoms. The summed E-state index contributed by atoms with van der Waals surface area (Å²) in [6.07, 6.45) is -4.53. The molecule has 6 nitrogen and oxygen atoms in total. The van der Waals surface area contributed by atoms with Gasteiger partial charge in [0.2, 0.25) is 0 Å². The van der Waals surface area contributed by atoms with E-state index < -0.39 is 29.7 Å². The number of methoxy groups -OCH3 is 1. The summed E-state index contributed by atoms with van der Waals surface area (Å²) in [5.74, 6) is -2.50. The van der Waals surface area contributed by atoms with Crippen molar-refractivity contribution in [1.29, 1.82) is 0 Å². The topological polar surface area (TPSA) is 95.7 Å². The fraction of sp³-hybridized carbons (Fsp3) is 0.0870. The first-order valence-corrected chi connectivity index (χ1v) is 9.13. The molecule has 0 unspecified atom stereocenters. The van der Waals surface area contributed by atoms with Crippen LogP contribution in [-0.2, 0) is 4.74 Å². The van der Waals surface area contributed by atoms with Crippen molar-refractivity contribution in [3.8, 4) is 5.75 Å². The van der Waals surface area contributed by atoms with Gasteiger partial charge in [-0.25, -0.2) is 9.18 Å². The molecule has 0 saturated heterocycles. The van der Waals surface area contributed by atoms with Gasteiger partial charge in [-0.15, -0.1) is 13.2 Å². The summed E-state index contributed by atoms with van der Waals surface area (Å²) in [7, 11) is 1.33. The van der Waals surface area contributed by atoms with E-state index in [9.17, 15) is 31.9 Å². The number of hydrogen-bond donors (Lipinski definition) is 1. The van der Waals surface area contributed by atoms with Gasteiger partial charge in [-0.2, -0.15) is 0 Å². The average molecular weight is 499 g/mol. The minimum atomic E-state index is -4.89. The molecule has 0 saturated carbocycles. The highest BCUT2D eigenvalue weighted by atomic mass is 35.5. The van der Waals surface area contributed by atoms with Gasteiger partial charge in [0.1, 0.15) is 11.6 Å². The highest BCUT2D eigenvalue weighted by Crippen LogP contribution is 2.25. The molecule has 0 atom stereocenters. The van der Waals surface area contributed by atoms with Crippen molar-refractivity contribution in [2.75, 3.05) is 12.8 Å². The number of nitrogens with two attached hydrogens (primary N) is 1. The van der Waals surface area contributed by atoms with E-state index in [1.54, 1.807) is 24.3 Å². The number of hydrogen-bond acceptors (Lipinski definition) is 6. The third-order valence-corrected chi connectivity index (χ3v) is 4.08. The number of ether oxygens (including phenoxy) is 2. The zero-order valence-corrected chi connectivity index (χ0v) is 18.2. The van der Waals surface area contributed by atoms with Gasteiger partial charge in [-0.1, -0.05) is 24.3 Å². The van der Waals surface area contributed by atoms with Gasteiger partial charge in [0.15, 0.2) is 12.1 Å². The normalized spacial score (nSPS) is 10.1. The van der Waals surface area contributed by atoms with Crippen molar-refractivity contribution in [3.05, 3.63) is 94.8 Å². The van der Waals surface area contributed by atoms with Gasteiger partial charge < -0.3 is 27.6 Å². The quantitative estimate of drug-likeness (QED) is 0.190. The van der Waals surface area contributed by atoms with E-state index in [-0.39, 0.29) is 29.1 Å². The Morgan fingerprint density at radius 3 is 2.21 bits per heavy atom. The lowest BCUT2D eigenvalue weighted by Gasteiger charge is -2.10. The summed E-state index contributed by atoms with van der Waals surface area (Å²) in [4.78, 5) is 34.0. The highest BCUT2D eigenvalue weighted by Gasteiger charge is 2.31. The summed E-state index contributed by atoms with van der Waals surface area (Å²) in [6, 6.07) is 14.1. The van der Waals surface area contributed by atoms with E-state index >= 15 is 0 Å². The van der Waals surface area contributed by atoms with Crippen LogP contribution in [0.15, 0.2) is 66.7 Å². The maximum absolute atomic E-state index is 13.2. The first-order chi connectivity index (χ1) is 15.6. The molecule has 0 spiro atoms. The minimum Gasteiger partial charge on any atom is -1.00 e. The lowest BCUT2D eigenvalue weighted by atomic mass is 9.98. The number of carbonyl (C=O) groups is 3. The minimum absolute atomic E-state index is 0. The fourth-order valence-electron chi connectivity index (χ4n) is 2.61. The van der Waals surface area contributed by atoms with E-state index in [0.717, 1.165) is 30.3 Å². The van der Waals surface area contributed by atoms with Crippen LogP contribution in [-0.4, -0.2) is 31.5 Å². The van der Waals surface area contributed by atoms with Crippen molar-refractivity contribution in [2.45, 2.75) is 6.36 Å². The molecular weight excluding hydrogens is 482 g/mol. The van der Waals surface area contributed by atoms with Crippen LogP contribution in [0.2, 0.25) is 0 Å². The Morgan fingerprint density at radius 1 is 0.941 bits per heavy atom. The molecule has 3 aromatic carbocycles. The maximum atomic E-state index is 13.2. The van der Waals surface area contributed by atoms with E-state index in [2.05, 4.69) is 9.47 Å². The smallest absolute Gasteiger partial charge is 0.573 e. The van der Waals surface area contributed by atoms with E-state index in [0.29, 0.717) is 17.5 Å². The van der Waals surface area contributed by atoms with Crippen molar-refractivity contribution in [1.82, 2.24) is 0 Å². The van der Waals surface area contributed by atoms with Gasteiger partial charge in [-0.05, 0) is 42.5 Å². The van der Waals surface area contributed by atoms with E-state index in [4.69, 9.17) is 5.73 Å². The number of para-hydroxylation sites is 1. The Kier molecular flexibility index (Phi) is 10.2. The van der Waals surface area contributed by atoms with Crippen molar-refractivity contribution < 1.29 is 53.8 Å². The largest absolute Gasteiger partial charge is 1.00 e. The molecule has 0 aliphatic heterocycles. The molecule has 0 radical (unpaired) electrons. The Balaban J connectivity index is 0.000000407. The van der Waals surface area contributed by atoms with Crippen LogP contribution >= 0.6 is 0 Å². The molecule has 180 valence electrons. The molecule has 0 aliphatic rings. The zero-order chi connectivity index (χ0) is 24.6. The zero-order valence-electron chi connectivity index (χ0n) is 17.4. The summed E-state index contributed by atoms with van der Waals surface area (Å²) in [5.41, 5.74) is 5.90. The van der Waals surface area contributed by atoms with Crippen LogP contribution in [0.3, 0.4) is 0 Å². The number of halogens is 5. The molecule has 0 heterocycles. The molecular formula is C23H17ClF4NO5-. The number of aldehydes is 1. The third-order valence-electron chi connectivity index (χ3n) is 4.08. The first kappa shape index (κ1) is 28.1. The summed E-state index contributed by atoms with van der Waals surface area (Å²) >= 11 is 0. The van der Waals surface area contributed by atoms with Crippen LogP contribution in [0.5, 0.6) is 5.75 Å². The predicted octanol–water partition coefficient (Wildman–Crippen LogP) is 1.83. The summed E-state index contributed by atoms with van der Waals surface area (Å²) in [5, 5.41) is 0. The van der Waals surface area contributed by atoms with Crippen LogP contribution in [0, 0.1) is 5.82 Å². The number of esters is 1. The molecule has 0 bridgehead atoms. The predicted molar refractivity (Wildman–Crippen MR) is 111 cm³/mol. The van der Waals surface area contributed by atoms with Crippen molar-refractivity contribution >= 4 is 23.7 Å². The Morgan fingerprint density at radius 2 is 1.62 bits per heavy atom. The van der Waals surface area contributed by atoms with Gasteiger partial charge in [0, 0.05) is 22.4 Å². The van der Waals surface area contributed by atoms with Crippen LogP contribution in [0.4, 0.5) is 23.2 Å². The molecule has 0 amide bonds. The van der Waals surface area contributed by atoms with E-state index in [1.807, 2.05) is 0 Å². The average Bonchev–Trinajstić information content (AvgIpc) is 2.78. The number of rotatable bonds is 5. The summed E-state index contributed by atoms with van der Waals surface area (Å²) < 4.78 is 57.9. The number of ketones is 1. The number of benzene rings is 3.